The van der Waals surface area contributed by atoms with Gasteiger partial charge >= 0.3 is 0 Å². The molecule has 0 spiro atoms. The van der Waals surface area contributed by atoms with E-state index in [-0.39, 0.29) is 17.4 Å². The second kappa shape index (κ2) is 8.10. The summed E-state index contributed by atoms with van der Waals surface area (Å²) in [5.74, 6) is 0.232. The number of nitrogens with one attached hydrogen (secondary N) is 2. The molecule has 2 aromatic carbocycles. The molecule has 0 aliphatic heterocycles. The van der Waals surface area contributed by atoms with E-state index in [4.69, 9.17) is 5.73 Å². The number of hydrogen-bond donors (Lipinski definition) is 3. The van der Waals surface area contributed by atoms with Crippen molar-refractivity contribution in [1.29, 1.82) is 0 Å². The molecule has 0 saturated heterocycles. The van der Waals surface area contributed by atoms with Gasteiger partial charge in [-0.05, 0) is 69.5 Å². The highest BCUT2D eigenvalue weighted by Gasteiger charge is 2.24. The third-order valence-corrected chi connectivity index (χ3v) is 5.47. The minimum absolute atomic E-state index is 0.158. The first-order valence-corrected chi connectivity index (χ1v) is 10.2. The number of nitrogens with zero attached hydrogens (tertiary/aromatic N) is 1. The van der Waals surface area contributed by atoms with Crippen molar-refractivity contribution in [3.8, 4) is 0 Å². The standard InChI is InChI=1S/C20H28N4O2S/c1-14-10-15(2)12-17(11-14)23-19(21)22-13-16-8-6-7-9-18(16)27(25,26)24-20(3,4)5/h6-12,24H,13H2,1-5H3,(H3,21,22,23). The number of anilines is 1. The quantitative estimate of drug-likeness (QED) is 0.541. The molecule has 146 valence electrons. The Morgan fingerprint density at radius 1 is 1.07 bits per heavy atom. The number of aliphatic imine (C=N–C) groups is 1. The minimum atomic E-state index is -3.65. The molecule has 27 heavy (non-hydrogen) atoms. The first-order chi connectivity index (χ1) is 12.5. The molecule has 0 unspecified atom stereocenters. The third kappa shape index (κ3) is 6.37. The van der Waals surface area contributed by atoms with Crippen LogP contribution in [0.1, 0.15) is 37.5 Å². The van der Waals surface area contributed by atoms with Crippen LogP contribution in [-0.2, 0) is 16.6 Å². The average Bonchev–Trinajstić information content (AvgIpc) is 2.50. The van der Waals surface area contributed by atoms with Gasteiger partial charge in [0.25, 0.3) is 0 Å². The SMILES string of the molecule is Cc1cc(C)cc(NC(N)=NCc2ccccc2S(=O)(=O)NC(C)(C)C)c1. The van der Waals surface area contributed by atoms with Crippen LogP contribution in [0.3, 0.4) is 0 Å². The second-order valence-electron chi connectivity index (χ2n) is 7.67. The number of hydrogen-bond acceptors (Lipinski definition) is 3. The molecular weight excluding hydrogens is 360 g/mol. The van der Waals surface area contributed by atoms with Crippen LogP contribution in [0.15, 0.2) is 52.4 Å². The molecule has 0 atom stereocenters. The fraction of sp³-hybridized carbons (Fsp3) is 0.350. The first kappa shape index (κ1) is 20.9. The van der Waals surface area contributed by atoms with E-state index in [0.29, 0.717) is 5.56 Å². The van der Waals surface area contributed by atoms with E-state index in [0.717, 1.165) is 16.8 Å². The topological polar surface area (TPSA) is 96.6 Å². The number of aryl methyl sites for hydroxylation is 2. The maximum absolute atomic E-state index is 12.7. The summed E-state index contributed by atoms with van der Waals surface area (Å²) in [7, 11) is -3.65. The zero-order valence-corrected chi connectivity index (χ0v) is 17.3. The molecule has 0 amide bonds. The highest BCUT2D eigenvalue weighted by atomic mass is 32.2. The number of nitrogens with two attached hydrogens (primary N) is 1. The Bertz CT molecular complexity index is 924. The van der Waals surface area contributed by atoms with Crippen LogP contribution in [0.25, 0.3) is 0 Å². The van der Waals surface area contributed by atoms with Crippen molar-refractivity contribution < 1.29 is 8.42 Å². The van der Waals surface area contributed by atoms with Crippen molar-refractivity contribution >= 4 is 21.7 Å². The van der Waals surface area contributed by atoms with Crippen molar-refractivity contribution in [3.05, 3.63) is 59.2 Å². The van der Waals surface area contributed by atoms with Gasteiger partial charge in [-0.2, -0.15) is 0 Å². The first-order valence-electron chi connectivity index (χ1n) is 8.73. The van der Waals surface area contributed by atoms with E-state index in [1.807, 2.05) is 26.0 Å². The summed E-state index contributed by atoms with van der Waals surface area (Å²) in [5, 5.41) is 3.05. The Morgan fingerprint density at radius 2 is 1.67 bits per heavy atom. The Morgan fingerprint density at radius 3 is 2.26 bits per heavy atom. The summed E-state index contributed by atoms with van der Waals surface area (Å²) in [6.07, 6.45) is 0. The lowest BCUT2D eigenvalue weighted by Crippen LogP contribution is -2.40. The molecule has 0 radical (unpaired) electrons. The Balaban J connectivity index is 2.21. The van der Waals surface area contributed by atoms with E-state index in [1.54, 1.807) is 45.0 Å². The molecule has 0 aromatic heterocycles. The number of rotatable bonds is 5. The van der Waals surface area contributed by atoms with E-state index in [9.17, 15) is 8.42 Å². The van der Waals surface area contributed by atoms with Gasteiger partial charge in [0, 0.05) is 11.2 Å². The molecule has 0 heterocycles. The second-order valence-corrected chi connectivity index (χ2v) is 9.32. The fourth-order valence-electron chi connectivity index (χ4n) is 2.76. The van der Waals surface area contributed by atoms with Gasteiger partial charge in [-0.15, -0.1) is 0 Å². The van der Waals surface area contributed by atoms with Gasteiger partial charge in [0.1, 0.15) is 0 Å². The van der Waals surface area contributed by atoms with Crippen LogP contribution in [0.5, 0.6) is 0 Å². The van der Waals surface area contributed by atoms with Gasteiger partial charge in [0.15, 0.2) is 5.96 Å². The average molecular weight is 389 g/mol. The van der Waals surface area contributed by atoms with Gasteiger partial charge in [0.2, 0.25) is 10.0 Å². The maximum Gasteiger partial charge on any atom is 0.241 e. The smallest absolute Gasteiger partial charge is 0.241 e. The van der Waals surface area contributed by atoms with Gasteiger partial charge in [-0.1, -0.05) is 24.3 Å². The summed E-state index contributed by atoms with van der Waals surface area (Å²) in [5.41, 5.74) is 9.09. The zero-order chi connectivity index (χ0) is 20.2. The van der Waals surface area contributed by atoms with Crippen molar-refractivity contribution in [2.75, 3.05) is 5.32 Å². The van der Waals surface area contributed by atoms with E-state index in [1.165, 1.54) is 0 Å². The predicted octanol–water partition coefficient (Wildman–Crippen LogP) is 3.31. The van der Waals surface area contributed by atoms with Crippen LogP contribution in [0, 0.1) is 13.8 Å². The molecule has 0 fully saturated rings. The number of guanidine groups is 1. The predicted molar refractivity (Wildman–Crippen MR) is 111 cm³/mol. The molecule has 0 aliphatic carbocycles. The zero-order valence-electron chi connectivity index (χ0n) is 16.5. The summed E-state index contributed by atoms with van der Waals surface area (Å²) >= 11 is 0. The lowest BCUT2D eigenvalue weighted by molar-refractivity contribution is 0.491. The van der Waals surface area contributed by atoms with E-state index in [2.05, 4.69) is 21.1 Å². The molecule has 4 N–H and O–H groups in total. The third-order valence-electron chi connectivity index (χ3n) is 3.62. The largest absolute Gasteiger partial charge is 0.370 e. The molecule has 6 nitrogen and oxygen atoms in total. The van der Waals surface area contributed by atoms with Gasteiger partial charge in [-0.3, -0.25) is 0 Å². The molecule has 0 bridgehead atoms. The minimum Gasteiger partial charge on any atom is -0.370 e. The maximum atomic E-state index is 12.7. The highest BCUT2D eigenvalue weighted by molar-refractivity contribution is 7.89. The molecule has 0 aliphatic rings. The fourth-order valence-corrected chi connectivity index (χ4v) is 4.41. The molecule has 2 rings (SSSR count). The Labute approximate surface area is 162 Å². The molecular formula is C20H28N4O2S. The normalized spacial score (nSPS) is 12.9. The lowest BCUT2D eigenvalue weighted by atomic mass is 10.1. The number of sulfonamides is 1. The van der Waals surface area contributed by atoms with Crippen molar-refractivity contribution in [2.24, 2.45) is 10.7 Å². The van der Waals surface area contributed by atoms with Crippen molar-refractivity contribution in [2.45, 2.75) is 51.6 Å². The molecule has 2 aromatic rings. The lowest BCUT2D eigenvalue weighted by Gasteiger charge is -2.21. The van der Waals surface area contributed by atoms with Crippen molar-refractivity contribution in [3.63, 3.8) is 0 Å². The van der Waals surface area contributed by atoms with Crippen LogP contribution in [0.2, 0.25) is 0 Å². The number of benzene rings is 2. The van der Waals surface area contributed by atoms with Gasteiger partial charge in [-0.25, -0.2) is 18.1 Å². The van der Waals surface area contributed by atoms with Crippen LogP contribution < -0.4 is 15.8 Å². The molecule has 0 saturated carbocycles. The van der Waals surface area contributed by atoms with Crippen molar-refractivity contribution in [1.82, 2.24) is 4.72 Å². The Kier molecular flexibility index (Phi) is 6.28. The van der Waals surface area contributed by atoms with Gasteiger partial charge in [0.05, 0.1) is 11.4 Å². The van der Waals surface area contributed by atoms with Crippen LogP contribution >= 0.6 is 0 Å². The summed E-state index contributed by atoms with van der Waals surface area (Å²) in [6, 6.07) is 12.8. The van der Waals surface area contributed by atoms with E-state index >= 15 is 0 Å². The summed E-state index contributed by atoms with van der Waals surface area (Å²) < 4.78 is 28.0. The van der Waals surface area contributed by atoms with Gasteiger partial charge < -0.3 is 11.1 Å². The Hall–Kier alpha value is -2.38. The highest BCUT2D eigenvalue weighted by Crippen LogP contribution is 2.19. The van der Waals surface area contributed by atoms with E-state index < -0.39 is 15.6 Å². The monoisotopic (exact) mass is 388 g/mol. The summed E-state index contributed by atoms with van der Waals surface area (Å²) in [6.45, 7) is 9.58. The molecule has 7 heteroatoms. The van der Waals surface area contributed by atoms with Crippen LogP contribution in [-0.4, -0.2) is 19.9 Å². The van der Waals surface area contributed by atoms with Crippen LogP contribution in [0.4, 0.5) is 5.69 Å². The summed E-state index contributed by atoms with van der Waals surface area (Å²) in [4.78, 5) is 4.52.